The molecule has 1 aromatic carbocycles. The topological polar surface area (TPSA) is 164 Å². The zero-order valence-corrected chi connectivity index (χ0v) is 22.1. The van der Waals surface area contributed by atoms with Gasteiger partial charge in [-0.05, 0) is 24.6 Å². The molecule has 40 heavy (non-hydrogen) atoms. The number of carbonyl (C=O) groups excluding carboxylic acids is 1. The highest BCUT2D eigenvalue weighted by atomic mass is 32.1. The number of aromatic nitrogens is 6. The number of hydrogen-bond acceptors (Lipinski definition) is 13. The van der Waals surface area contributed by atoms with Crippen LogP contribution in [-0.4, -0.2) is 74.6 Å². The predicted octanol–water partition coefficient (Wildman–Crippen LogP) is 3.55. The summed E-state index contributed by atoms with van der Waals surface area (Å²) in [4.78, 5) is 38.0. The van der Waals surface area contributed by atoms with Crippen molar-refractivity contribution in [2.24, 2.45) is 0 Å². The van der Waals surface area contributed by atoms with Crippen LogP contribution in [0.2, 0.25) is 0 Å². The summed E-state index contributed by atoms with van der Waals surface area (Å²) >= 11 is 1.26. The number of fused-ring (bicyclic) bond motifs is 2. The standard InChI is InChI=1S/C25H22FN7O6S/c1-13-7-15(20-17(8-13)31-19(36-2)12-27-20)22-32-18-9-16(26)21(33-23(18)40-22)37-5-6-39-25(35)30-14-10-28-24(29-11-14)38-4-3-34/h7-12,34H,3-6H2,1-2H3,(H,30,35). The van der Waals surface area contributed by atoms with Gasteiger partial charge in [0.2, 0.25) is 5.88 Å². The van der Waals surface area contributed by atoms with Crippen molar-refractivity contribution in [1.29, 1.82) is 0 Å². The van der Waals surface area contributed by atoms with Crippen molar-refractivity contribution in [2.45, 2.75) is 6.92 Å². The Bertz CT molecular complexity index is 1670. The Labute approximate surface area is 230 Å². The molecule has 4 aromatic heterocycles. The second-order valence-electron chi connectivity index (χ2n) is 8.15. The molecule has 0 saturated carbocycles. The van der Waals surface area contributed by atoms with Crippen LogP contribution in [0.15, 0.2) is 36.8 Å². The van der Waals surface area contributed by atoms with Crippen molar-refractivity contribution < 1.29 is 33.2 Å². The summed E-state index contributed by atoms with van der Waals surface area (Å²) in [5.74, 6) is -0.543. The molecule has 0 saturated heterocycles. The van der Waals surface area contributed by atoms with Crippen LogP contribution in [0.5, 0.6) is 17.8 Å². The Balaban J connectivity index is 1.22. The summed E-state index contributed by atoms with van der Waals surface area (Å²) in [5.41, 5.74) is 3.62. The van der Waals surface area contributed by atoms with Crippen LogP contribution in [0.25, 0.3) is 32.0 Å². The molecule has 13 nitrogen and oxygen atoms in total. The maximum absolute atomic E-state index is 14.7. The first kappa shape index (κ1) is 26.8. The Kier molecular flexibility index (Phi) is 8.02. The van der Waals surface area contributed by atoms with E-state index in [1.165, 1.54) is 43.1 Å². The molecular formula is C25H22FN7O6S. The Morgan fingerprint density at radius 3 is 2.60 bits per heavy atom. The summed E-state index contributed by atoms with van der Waals surface area (Å²) in [6.07, 6.45) is 3.38. The maximum Gasteiger partial charge on any atom is 0.411 e. The summed E-state index contributed by atoms with van der Waals surface area (Å²) in [5, 5.41) is 11.8. The second-order valence-corrected chi connectivity index (χ2v) is 9.12. The smallest absolute Gasteiger partial charge is 0.411 e. The van der Waals surface area contributed by atoms with E-state index in [4.69, 9.17) is 24.1 Å². The fourth-order valence-electron chi connectivity index (χ4n) is 3.57. The van der Waals surface area contributed by atoms with Crippen LogP contribution in [0.4, 0.5) is 14.9 Å². The predicted molar refractivity (Wildman–Crippen MR) is 142 cm³/mol. The Morgan fingerprint density at radius 1 is 1.00 bits per heavy atom. The lowest BCUT2D eigenvalue weighted by atomic mass is 10.1. The second kappa shape index (κ2) is 12.0. The van der Waals surface area contributed by atoms with Gasteiger partial charge in [-0.2, -0.15) is 4.98 Å². The van der Waals surface area contributed by atoms with Crippen LogP contribution >= 0.6 is 11.3 Å². The fourth-order valence-corrected chi connectivity index (χ4v) is 4.50. The molecule has 0 fully saturated rings. The number of methoxy groups -OCH3 is 1. The molecule has 0 atom stereocenters. The zero-order valence-electron chi connectivity index (χ0n) is 21.3. The molecule has 5 aromatic rings. The average molecular weight is 568 g/mol. The third kappa shape index (κ3) is 6.10. The number of nitrogens with zero attached hydrogens (tertiary/aromatic N) is 6. The molecule has 4 heterocycles. The van der Waals surface area contributed by atoms with Gasteiger partial charge in [-0.1, -0.05) is 11.3 Å². The normalized spacial score (nSPS) is 11.0. The zero-order chi connectivity index (χ0) is 28.1. The van der Waals surface area contributed by atoms with Crippen molar-refractivity contribution >= 4 is 44.5 Å². The van der Waals surface area contributed by atoms with Crippen molar-refractivity contribution in [2.75, 3.05) is 38.9 Å². The minimum Gasteiger partial charge on any atom is -0.480 e. The van der Waals surface area contributed by atoms with Crippen molar-refractivity contribution in [1.82, 2.24) is 29.9 Å². The van der Waals surface area contributed by atoms with E-state index in [-0.39, 0.29) is 44.0 Å². The maximum atomic E-state index is 14.7. The largest absolute Gasteiger partial charge is 0.480 e. The molecule has 1 amide bonds. The number of aliphatic hydroxyl groups excluding tert-OH is 1. The molecule has 2 N–H and O–H groups in total. The number of halogens is 1. The lowest BCUT2D eigenvalue weighted by Crippen LogP contribution is -2.18. The van der Waals surface area contributed by atoms with Crippen molar-refractivity contribution in [3.05, 3.63) is 48.2 Å². The third-order valence-electron chi connectivity index (χ3n) is 5.27. The van der Waals surface area contributed by atoms with E-state index in [2.05, 4.69) is 35.2 Å². The number of amides is 1. The van der Waals surface area contributed by atoms with Gasteiger partial charge in [0, 0.05) is 11.6 Å². The fraction of sp³-hybridized carbons (Fsp3) is 0.240. The first-order chi connectivity index (χ1) is 19.4. The van der Waals surface area contributed by atoms with E-state index in [9.17, 15) is 9.18 Å². The van der Waals surface area contributed by atoms with Gasteiger partial charge in [0.25, 0.3) is 5.88 Å². The lowest BCUT2D eigenvalue weighted by molar-refractivity contribution is 0.135. The number of rotatable bonds is 10. The number of anilines is 1. The molecule has 0 bridgehead atoms. The molecule has 206 valence electrons. The number of benzene rings is 1. The molecule has 15 heteroatoms. The van der Waals surface area contributed by atoms with Gasteiger partial charge in [-0.3, -0.25) is 5.32 Å². The molecule has 0 spiro atoms. The van der Waals surface area contributed by atoms with E-state index in [0.717, 1.165) is 11.1 Å². The molecule has 0 unspecified atom stereocenters. The van der Waals surface area contributed by atoms with Gasteiger partial charge in [-0.25, -0.2) is 34.1 Å². The van der Waals surface area contributed by atoms with Crippen molar-refractivity contribution in [3.63, 3.8) is 0 Å². The molecule has 0 aliphatic rings. The molecule has 5 rings (SSSR count). The quantitative estimate of drug-likeness (QED) is 0.236. The number of pyridine rings is 1. The van der Waals surface area contributed by atoms with Crippen LogP contribution in [0.1, 0.15) is 5.56 Å². The first-order valence-electron chi connectivity index (χ1n) is 11.8. The third-order valence-corrected chi connectivity index (χ3v) is 6.26. The van der Waals surface area contributed by atoms with Gasteiger partial charge in [-0.15, -0.1) is 0 Å². The highest BCUT2D eigenvalue weighted by Crippen LogP contribution is 2.35. The van der Waals surface area contributed by atoms with E-state index in [0.29, 0.717) is 32.3 Å². The van der Waals surface area contributed by atoms with Gasteiger partial charge in [0.1, 0.15) is 35.2 Å². The van der Waals surface area contributed by atoms with Crippen LogP contribution in [0, 0.1) is 12.7 Å². The van der Waals surface area contributed by atoms with E-state index < -0.39 is 11.9 Å². The minimum atomic E-state index is -0.779. The van der Waals surface area contributed by atoms with E-state index in [1.54, 1.807) is 0 Å². The SMILES string of the molecule is COc1cnc2c(-c3nc4cc(F)c(OCCOC(=O)Nc5cnc(OCCO)nc5)nc4s3)cc(C)cc2n1. The highest BCUT2D eigenvalue weighted by molar-refractivity contribution is 7.21. The lowest BCUT2D eigenvalue weighted by Gasteiger charge is -2.08. The van der Waals surface area contributed by atoms with Gasteiger partial charge in [0.05, 0.1) is 49.0 Å². The van der Waals surface area contributed by atoms with Gasteiger partial charge in [0.15, 0.2) is 5.82 Å². The number of aliphatic hydroxyl groups is 1. The first-order valence-corrected chi connectivity index (χ1v) is 12.7. The highest BCUT2D eigenvalue weighted by Gasteiger charge is 2.17. The van der Waals surface area contributed by atoms with Crippen LogP contribution < -0.4 is 19.5 Å². The number of thiazole rings is 1. The van der Waals surface area contributed by atoms with Crippen LogP contribution in [-0.2, 0) is 4.74 Å². The number of ether oxygens (including phenoxy) is 4. The summed E-state index contributed by atoms with van der Waals surface area (Å²) in [6.45, 7) is 1.50. The van der Waals surface area contributed by atoms with E-state index in [1.807, 2.05) is 19.1 Å². The molecule has 0 radical (unpaired) electrons. The number of nitrogens with one attached hydrogen (secondary N) is 1. The van der Waals surface area contributed by atoms with Crippen molar-refractivity contribution in [3.8, 4) is 28.3 Å². The molecular weight excluding hydrogens is 545 g/mol. The minimum absolute atomic E-state index is 0.0521. The summed E-state index contributed by atoms with van der Waals surface area (Å²) < 4.78 is 35.4. The van der Waals surface area contributed by atoms with Gasteiger partial charge >= 0.3 is 12.1 Å². The van der Waals surface area contributed by atoms with Gasteiger partial charge < -0.3 is 24.1 Å². The van der Waals surface area contributed by atoms with E-state index >= 15 is 0 Å². The average Bonchev–Trinajstić information content (AvgIpc) is 3.36. The molecule has 0 aliphatic carbocycles. The summed E-state index contributed by atoms with van der Waals surface area (Å²) in [6, 6.07) is 5.13. The number of hydrogen-bond donors (Lipinski definition) is 2. The number of carbonyl (C=O) groups is 1. The number of aryl methyl sites for hydroxylation is 1. The Hall–Kier alpha value is -4.76. The summed E-state index contributed by atoms with van der Waals surface area (Å²) in [7, 11) is 1.52. The monoisotopic (exact) mass is 567 g/mol. The molecule has 0 aliphatic heterocycles. The Morgan fingerprint density at radius 2 is 1.82 bits per heavy atom. The van der Waals surface area contributed by atoms with Crippen LogP contribution in [0.3, 0.4) is 0 Å².